The summed E-state index contributed by atoms with van der Waals surface area (Å²) in [4.78, 5) is 12.5. The summed E-state index contributed by atoms with van der Waals surface area (Å²) in [5.74, 6) is 0.591. The minimum atomic E-state index is -3.87. The Labute approximate surface area is 203 Å². The van der Waals surface area contributed by atoms with Crippen molar-refractivity contribution in [2.24, 2.45) is 11.3 Å². The van der Waals surface area contributed by atoms with Crippen LogP contribution < -0.4 is 9.04 Å². The maximum absolute atomic E-state index is 13.8. The van der Waals surface area contributed by atoms with E-state index in [9.17, 15) is 13.2 Å². The Kier molecular flexibility index (Phi) is 7.06. The van der Waals surface area contributed by atoms with Gasteiger partial charge in [0.15, 0.2) is 5.78 Å². The van der Waals surface area contributed by atoms with Crippen LogP contribution in [0.3, 0.4) is 0 Å². The summed E-state index contributed by atoms with van der Waals surface area (Å²) in [6.07, 6.45) is 3.56. The monoisotopic (exact) mass is 485 g/mol. The summed E-state index contributed by atoms with van der Waals surface area (Å²) in [6.45, 7) is 10.0. The summed E-state index contributed by atoms with van der Waals surface area (Å²) in [6, 6.07) is 10.7. The number of hydrogen-bond acceptors (Lipinski definition) is 5. The molecule has 2 aromatic carbocycles. The van der Waals surface area contributed by atoms with Crippen molar-refractivity contribution < 1.29 is 22.7 Å². The van der Waals surface area contributed by atoms with Gasteiger partial charge in [-0.15, -0.1) is 0 Å². The number of anilines is 1. The highest BCUT2D eigenvalue weighted by Crippen LogP contribution is 2.40. The Morgan fingerprint density at radius 2 is 1.88 bits per heavy atom. The maximum Gasteiger partial charge on any atom is 0.264 e. The number of rotatable bonds is 7. The molecule has 184 valence electrons. The third-order valence-electron chi connectivity index (χ3n) is 6.80. The molecular weight excluding hydrogens is 450 g/mol. The van der Waals surface area contributed by atoms with Crippen LogP contribution in [0.25, 0.3) is 0 Å². The molecule has 34 heavy (non-hydrogen) atoms. The van der Waals surface area contributed by atoms with Crippen LogP contribution in [0.2, 0.25) is 0 Å². The van der Waals surface area contributed by atoms with Crippen LogP contribution in [0.5, 0.6) is 5.75 Å². The lowest BCUT2D eigenvalue weighted by atomic mass is 9.81. The lowest BCUT2D eigenvalue weighted by Crippen LogP contribution is -2.44. The second kappa shape index (κ2) is 9.70. The lowest BCUT2D eigenvalue weighted by molar-refractivity contribution is 0.0495. The number of carbonyl (C=O) groups is 1. The second-order valence-corrected chi connectivity index (χ2v) is 12.1. The van der Waals surface area contributed by atoms with Crippen molar-refractivity contribution in [1.29, 1.82) is 0 Å². The standard InChI is InChI=1S/C27H35NO5S/c1-5-20-6-8-25-22(14-20)16-27(3,4)18-28(25)34(30,31)23-7-9-26(24(15-23)19(2)29)33-17-21-10-12-32-13-11-21/h6-9,14-15,21H,5,10-13,16-18H2,1-4H3. The first-order valence-electron chi connectivity index (χ1n) is 12.1. The highest BCUT2D eigenvalue weighted by Gasteiger charge is 2.37. The van der Waals surface area contributed by atoms with Gasteiger partial charge < -0.3 is 9.47 Å². The number of fused-ring (bicyclic) bond motifs is 1. The molecule has 7 heteroatoms. The summed E-state index contributed by atoms with van der Waals surface area (Å²) in [5.41, 5.74) is 3.05. The molecule has 0 atom stereocenters. The fourth-order valence-corrected chi connectivity index (χ4v) is 6.54. The molecule has 1 fully saturated rings. The zero-order chi connectivity index (χ0) is 24.5. The Balaban J connectivity index is 1.66. The third kappa shape index (κ3) is 5.15. The van der Waals surface area contributed by atoms with Gasteiger partial charge in [-0.1, -0.05) is 32.9 Å². The van der Waals surface area contributed by atoms with Gasteiger partial charge >= 0.3 is 0 Å². The van der Waals surface area contributed by atoms with Gasteiger partial charge in [-0.25, -0.2) is 8.42 Å². The first kappa shape index (κ1) is 24.7. The number of ketones is 1. The largest absolute Gasteiger partial charge is 0.493 e. The molecule has 0 unspecified atom stereocenters. The van der Waals surface area contributed by atoms with Crippen LogP contribution in [-0.2, 0) is 27.6 Å². The number of nitrogens with zero attached hydrogens (tertiary/aromatic N) is 1. The van der Waals surface area contributed by atoms with Crippen molar-refractivity contribution in [2.75, 3.05) is 30.7 Å². The molecule has 2 aliphatic heterocycles. The fourth-order valence-electron chi connectivity index (χ4n) is 4.82. The molecule has 0 saturated carbocycles. The van der Waals surface area contributed by atoms with Crippen molar-refractivity contribution in [3.63, 3.8) is 0 Å². The molecule has 0 aromatic heterocycles. The Bertz CT molecular complexity index is 1170. The van der Waals surface area contributed by atoms with E-state index in [1.807, 2.05) is 12.1 Å². The highest BCUT2D eigenvalue weighted by atomic mass is 32.2. The van der Waals surface area contributed by atoms with Gasteiger partial charge in [0.05, 0.1) is 22.8 Å². The van der Waals surface area contributed by atoms with E-state index in [-0.39, 0.29) is 16.1 Å². The number of ether oxygens (including phenoxy) is 2. The van der Waals surface area contributed by atoms with Crippen LogP contribution in [0.1, 0.15) is 62.0 Å². The third-order valence-corrected chi connectivity index (χ3v) is 8.55. The number of benzene rings is 2. The normalized spacial score (nSPS) is 18.4. The van der Waals surface area contributed by atoms with Gasteiger partial charge in [0.25, 0.3) is 10.0 Å². The van der Waals surface area contributed by atoms with Crippen molar-refractivity contribution >= 4 is 21.5 Å². The minimum Gasteiger partial charge on any atom is -0.493 e. The van der Waals surface area contributed by atoms with Gasteiger partial charge in [0.2, 0.25) is 0 Å². The topological polar surface area (TPSA) is 72.9 Å². The Hall–Kier alpha value is -2.38. The maximum atomic E-state index is 13.8. The number of Topliss-reactive ketones (excluding diaryl/α,β-unsaturated/α-hetero) is 1. The molecule has 1 saturated heterocycles. The van der Waals surface area contributed by atoms with Gasteiger partial charge in [-0.2, -0.15) is 0 Å². The Morgan fingerprint density at radius 3 is 2.56 bits per heavy atom. The fraction of sp³-hybridized carbons (Fsp3) is 0.519. The first-order valence-corrected chi connectivity index (χ1v) is 13.5. The molecule has 2 aliphatic rings. The molecule has 0 N–H and O–H groups in total. The van der Waals surface area contributed by atoms with Crippen LogP contribution >= 0.6 is 0 Å². The second-order valence-electron chi connectivity index (χ2n) is 10.3. The van der Waals surface area contributed by atoms with Crippen LogP contribution in [0.15, 0.2) is 41.3 Å². The van der Waals surface area contributed by atoms with Gasteiger partial charge in [-0.3, -0.25) is 9.10 Å². The number of carbonyl (C=O) groups excluding carboxylic acids is 1. The quantitative estimate of drug-likeness (QED) is 0.514. The van der Waals surface area contributed by atoms with Crippen molar-refractivity contribution in [3.05, 3.63) is 53.1 Å². The number of aryl methyl sites for hydroxylation is 1. The predicted octanol–water partition coefficient (Wildman–Crippen LogP) is 5.03. The van der Waals surface area contributed by atoms with E-state index >= 15 is 0 Å². The van der Waals surface area contributed by atoms with Gasteiger partial charge in [0, 0.05) is 19.8 Å². The van der Waals surface area contributed by atoms with E-state index < -0.39 is 10.0 Å². The van der Waals surface area contributed by atoms with E-state index in [0.717, 1.165) is 50.1 Å². The minimum absolute atomic E-state index is 0.110. The Morgan fingerprint density at radius 1 is 1.15 bits per heavy atom. The summed E-state index contributed by atoms with van der Waals surface area (Å²) >= 11 is 0. The molecule has 2 aromatic rings. The predicted molar refractivity (Wildman–Crippen MR) is 133 cm³/mol. The molecule has 6 nitrogen and oxygen atoms in total. The molecular formula is C27H35NO5S. The molecule has 0 aliphatic carbocycles. The average molecular weight is 486 g/mol. The molecule has 0 spiro atoms. The van der Waals surface area contributed by atoms with E-state index in [4.69, 9.17) is 9.47 Å². The van der Waals surface area contributed by atoms with Crippen LogP contribution in [0, 0.1) is 11.3 Å². The average Bonchev–Trinajstić information content (AvgIpc) is 2.81. The van der Waals surface area contributed by atoms with E-state index in [1.165, 1.54) is 22.9 Å². The van der Waals surface area contributed by atoms with Crippen LogP contribution in [0.4, 0.5) is 5.69 Å². The summed E-state index contributed by atoms with van der Waals surface area (Å²) in [5, 5.41) is 0. The molecule has 4 rings (SSSR count). The molecule has 2 heterocycles. The van der Waals surface area contributed by atoms with E-state index in [1.54, 1.807) is 12.1 Å². The van der Waals surface area contributed by atoms with Crippen LogP contribution in [-0.4, -0.2) is 40.6 Å². The van der Waals surface area contributed by atoms with E-state index in [0.29, 0.717) is 30.4 Å². The van der Waals surface area contributed by atoms with Crippen molar-refractivity contribution in [1.82, 2.24) is 0 Å². The van der Waals surface area contributed by atoms with Gasteiger partial charge in [-0.05, 0) is 79.3 Å². The molecule has 0 bridgehead atoms. The van der Waals surface area contributed by atoms with Gasteiger partial charge in [0.1, 0.15) is 5.75 Å². The number of hydrogen-bond donors (Lipinski definition) is 0. The van der Waals surface area contributed by atoms with Crippen molar-refractivity contribution in [3.8, 4) is 5.75 Å². The smallest absolute Gasteiger partial charge is 0.264 e. The molecule has 0 amide bonds. The van der Waals surface area contributed by atoms with Crippen molar-refractivity contribution in [2.45, 2.75) is 58.3 Å². The molecule has 0 radical (unpaired) electrons. The first-order chi connectivity index (χ1) is 16.1. The summed E-state index contributed by atoms with van der Waals surface area (Å²) in [7, 11) is -3.87. The van der Waals surface area contributed by atoms with E-state index in [2.05, 4.69) is 26.8 Å². The zero-order valence-corrected chi connectivity index (χ0v) is 21.4. The highest BCUT2D eigenvalue weighted by molar-refractivity contribution is 7.92. The summed E-state index contributed by atoms with van der Waals surface area (Å²) < 4.78 is 40.6. The number of sulfonamides is 1. The SMILES string of the molecule is CCc1ccc2c(c1)CC(C)(C)CN2S(=O)(=O)c1ccc(OCC2CCOCC2)c(C(C)=O)c1. The lowest BCUT2D eigenvalue weighted by Gasteiger charge is -2.40. The zero-order valence-electron chi connectivity index (χ0n) is 20.6.